The number of hydrogen-bond acceptors (Lipinski definition) is 4. The summed E-state index contributed by atoms with van der Waals surface area (Å²) in [7, 11) is -3.33. The van der Waals surface area contributed by atoms with Crippen molar-refractivity contribution in [2.24, 2.45) is 0 Å². The van der Waals surface area contributed by atoms with Crippen LogP contribution in [0.5, 0.6) is 5.75 Å². The number of rotatable bonds is 7. The summed E-state index contributed by atoms with van der Waals surface area (Å²) in [5.41, 5.74) is 1.92. The number of carbonyl (C=O) groups excluding carboxylic acids is 1. The summed E-state index contributed by atoms with van der Waals surface area (Å²) in [5.74, 6) is 0.636. The molecule has 4 rings (SSSR count). The van der Waals surface area contributed by atoms with Crippen LogP contribution in [0, 0.1) is 0 Å². The number of ether oxygens (including phenoxy) is 1. The predicted octanol–water partition coefficient (Wildman–Crippen LogP) is 4.81. The average molecular weight is 471 g/mol. The van der Waals surface area contributed by atoms with Gasteiger partial charge in [-0.1, -0.05) is 50.6 Å². The largest absolute Gasteiger partial charge is 0.487 e. The number of nitrogens with one attached hydrogen (secondary N) is 1. The molecule has 1 N–H and O–H groups in total. The Labute approximate surface area is 197 Å². The van der Waals surface area contributed by atoms with Gasteiger partial charge in [-0.3, -0.25) is 4.79 Å². The van der Waals surface area contributed by atoms with Crippen LogP contribution in [0.1, 0.15) is 79.9 Å². The molecule has 178 valence electrons. The summed E-state index contributed by atoms with van der Waals surface area (Å²) in [5, 5.41) is 3.19. The number of nitrogens with zero attached hydrogens (tertiary/aromatic N) is 1. The fraction of sp³-hybridized carbons (Fsp3) is 0.500. The summed E-state index contributed by atoms with van der Waals surface area (Å²) in [6.45, 7) is 5.44. The zero-order valence-electron chi connectivity index (χ0n) is 19.5. The van der Waals surface area contributed by atoms with Crippen molar-refractivity contribution in [3.8, 4) is 5.75 Å². The Kier molecular flexibility index (Phi) is 7.10. The van der Waals surface area contributed by atoms with Gasteiger partial charge in [0.2, 0.25) is 10.0 Å². The fourth-order valence-corrected chi connectivity index (χ4v) is 6.48. The van der Waals surface area contributed by atoms with Crippen LogP contribution in [0.2, 0.25) is 0 Å². The molecule has 0 aliphatic carbocycles. The first kappa shape index (κ1) is 23.8. The minimum absolute atomic E-state index is 0.0300. The molecule has 7 heteroatoms. The molecule has 2 aliphatic heterocycles. The van der Waals surface area contributed by atoms with Crippen molar-refractivity contribution in [2.75, 3.05) is 13.1 Å². The number of amides is 1. The summed E-state index contributed by atoms with van der Waals surface area (Å²) < 4.78 is 33.3. The third-order valence-electron chi connectivity index (χ3n) is 7.06. The molecule has 2 aliphatic rings. The van der Waals surface area contributed by atoms with Crippen LogP contribution in [-0.2, 0) is 15.8 Å². The first-order valence-corrected chi connectivity index (χ1v) is 13.6. The molecule has 0 radical (unpaired) electrons. The van der Waals surface area contributed by atoms with Crippen LogP contribution in [-0.4, -0.2) is 37.3 Å². The van der Waals surface area contributed by atoms with Gasteiger partial charge in [-0.2, -0.15) is 0 Å². The molecule has 33 heavy (non-hydrogen) atoms. The average Bonchev–Trinajstić information content (AvgIpc) is 2.84. The van der Waals surface area contributed by atoms with Crippen molar-refractivity contribution in [2.45, 2.75) is 69.8 Å². The minimum Gasteiger partial charge on any atom is -0.487 e. The number of benzene rings is 2. The van der Waals surface area contributed by atoms with E-state index in [-0.39, 0.29) is 23.3 Å². The van der Waals surface area contributed by atoms with E-state index in [0.717, 1.165) is 49.8 Å². The summed E-state index contributed by atoms with van der Waals surface area (Å²) >= 11 is 0. The Morgan fingerprint density at radius 3 is 2.36 bits per heavy atom. The Morgan fingerprint density at radius 1 is 1.03 bits per heavy atom. The summed E-state index contributed by atoms with van der Waals surface area (Å²) in [6.07, 6.45) is 5.38. The number of piperidine rings is 1. The standard InChI is InChI=1S/C26H34N2O4S/c1-3-26(4-2)18-23(22-10-6-7-11-24(22)32-26)27-25(29)21-14-12-20(13-15-21)19-33(30,31)28-16-8-5-9-17-28/h6-7,10-15,23H,3-5,8-9,16-19H2,1-2H3,(H,27,29). The highest BCUT2D eigenvalue weighted by atomic mass is 32.2. The second kappa shape index (κ2) is 9.85. The van der Waals surface area contributed by atoms with Gasteiger partial charge in [0.15, 0.2) is 0 Å². The molecule has 0 saturated carbocycles. The quantitative estimate of drug-likeness (QED) is 0.630. The summed E-state index contributed by atoms with van der Waals surface area (Å²) in [4.78, 5) is 13.1. The molecule has 0 bridgehead atoms. The highest BCUT2D eigenvalue weighted by Gasteiger charge is 2.39. The molecule has 1 unspecified atom stereocenters. The molecule has 0 spiro atoms. The Hall–Kier alpha value is -2.38. The lowest BCUT2D eigenvalue weighted by molar-refractivity contribution is 0.0227. The summed E-state index contributed by atoms with van der Waals surface area (Å²) in [6, 6.07) is 14.7. The molecule has 1 atom stereocenters. The Morgan fingerprint density at radius 2 is 1.70 bits per heavy atom. The van der Waals surface area contributed by atoms with E-state index in [9.17, 15) is 13.2 Å². The minimum atomic E-state index is -3.33. The molecule has 1 saturated heterocycles. The Balaban J connectivity index is 1.46. The molecule has 1 amide bonds. The van der Waals surface area contributed by atoms with Crippen LogP contribution in [0.25, 0.3) is 0 Å². The van der Waals surface area contributed by atoms with Crippen molar-refractivity contribution < 1.29 is 17.9 Å². The maximum atomic E-state index is 13.1. The number of sulfonamides is 1. The predicted molar refractivity (Wildman–Crippen MR) is 130 cm³/mol. The van der Waals surface area contributed by atoms with Crippen LogP contribution in [0.4, 0.5) is 0 Å². The van der Waals surface area contributed by atoms with Crippen molar-refractivity contribution in [1.82, 2.24) is 9.62 Å². The zero-order chi connectivity index (χ0) is 23.5. The second-order valence-electron chi connectivity index (χ2n) is 9.17. The molecule has 6 nitrogen and oxygen atoms in total. The lowest BCUT2D eigenvalue weighted by Crippen LogP contribution is -2.44. The van der Waals surface area contributed by atoms with Crippen LogP contribution in [0.15, 0.2) is 48.5 Å². The van der Waals surface area contributed by atoms with E-state index in [0.29, 0.717) is 24.2 Å². The van der Waals surface area contributed by atoms with Gasteiger partial charge < -0.3 is 10.1 Å². The molecular weight excluding hydrogens is 436 g/mol. The van der Waals surface area contributed by atoms with E-state index in [2.05, 4.69) is 19.2 Å². The first-order valence-electron chi connectivity index (χ1n) is 12.0. The normalized spacial score (nSPS) is 20.5. The first-order chi connectivity index (χ1) is 15.9. The highest BCUT2D eigenvalue weighted by Crippen LogP contribution is 2.42. The smallest absolute Gasteiger partial charge is 0.251 e. The zero-order valence-corrected chi connectivity index (χ0v) is 20.4. The van der Waals surface area contributed by atoms with Gasteiger partial charge in [0, 0.05) is 30.6 Å². The van der Waals surface area contributed by atoms with E-state index in [1.807, 2.05) is 24.3 Å². The van der Waals surface area contributed by atoms with Gasteiger partial charge in [-0.25, -0.2) is 12.7 Å². The molecule has 0 aromatic heterocycles. The molecule has 2 heterocycles. The SMILES string of the molecule is CCC1(CC)CC(NC(=O)c2ccc(CS(=O)(=O)N3CCCCC3)cc2)c2ccccc2O1. The topological polar surface area (TPSA) is 75.7 Å². The van der Waals surface area contributed by atoms with Gasteiger partial charge in [0.1, 0.15) is 11.4 Å². The maximum Gasteiger partial charge on any atom is 0.251 e. The van der Waals surface area contributed by atoms with Crippen molar-refractivity contribution in [3.05, 3.63) is 65.2 Å². The van der Waals surface area contributed by atoms with Gasteiger partial charge >= 0.3 is 0 Å². The second-order valence-corrected chi connectivity index (χ2v) is 11.1. The van der Waals surface area contributed by atoms with Crippen LogP contribution >= 0.6 is 0 Å². The number of fused-ring (bicyclic) bond motifs is 1. The number of para-hydroxylation sites is 1. The van der Waals surface area contributed by atoms with E-state index >= 15 is 0 Å². The lowest BCUT2D eigenvalue weighted by Gasteiger charge is -2.41. The van der Waals surface area contributed by atoms with Crippen molar-refractivity contribution in [1.29, 1.82) is 0 Å². The number of carbonyl (C=O) groups is 1. The van der Waals surface area contributed by atoms with Crippen LogP contribution < -0.4 is 10.1 Å². The lowest BCUT2D eigenvalue weighted by atomic mass is 9.83. The molecular formula is C26H34N2O4S. The molecule has 1 fully saturated rings. The highest BCUT2D eigenvalue weighted by molar-refractivity contribution is 7.88. The van der Waals surface area contributed by atoms with E-state index in [1.165, 1.54) is 0 Å². The monoisotopic (exact) mass is 470 g/mol. The third-order valence-corrected chi connectivity index (χ3v) is 8.91. The van der Waals surface area contributed by atoms with E-state index in [1.54, 1.807) is 28.6 Å². The molecule has 2 aromatic rings. The van der Waals surface area contributed by atoms with Crippen molar-refractivity contribution in [3.63, 3.8) is 0 Å². The Bertz CT molecular complexity index is 1070. The van der Waals surface area contributed by atoms with E-state index < -0.39 is 10.0 Å². The third kappa shape index (κ3) is 5.25. The van der Waals surface area contributed by atoms with E-state index in [4.69, 9.17) is 4.74 Å². The van der Waals surface area contributed by atoms with Gasteiger partial charge in [0.05, 0.1) is 11.8 Å². The maximum absolute atomic E-state index is 13.1. The number of hydrogen-bond donors (Lipinski definition) is 1. The van der Waals surface area contributed by atoms with Gasteiger partial charge in [-0.05, 0) is 49.4 Å². The molecule has 2 aromatic carbocycles. The van der Waals surface area contributed by atoms with Crippen LogP contribution in [0.3, 0.4) is 0 Å². The van der Waals surface area contributed by atoms with Crippen molar-refractivity contribution >= 4 is 15.9 Å². The fourth-order valence-electron chi connectivity index (χ4n) is 4.87. The van der Waals surface area contributed by atoms with Gasteiger partial charge in [0.25, 0.3) is 5.91 Å². The van der Waals surface area contributed by atoms with Gasteiger partial charge in [-0.15, -0.1) is 0 Å².